The molecule has 0 heterocycles. The third-order valence-electron chi connectivity index (χ3n) is 3.15. The second-order valence-electron chi connectivity index (χ2n) is 5.26. The Hall–Kier alpha value is -2.03. The minimum absolute atomic E-state index is 0.342. The topological polar surface area (TPSA) is 109 Å². The Labute approximate surface area is 132 Å². The lowest BCUT2D eigenvalue weighted by Crippen LogP contribution is -2.52. The molecule has 6 N–H and O–H groups in total. The first-order chi connectivity index (χ1) is 10.5. The molecule has 0 aliphatic heterocycles. The van der Waals surface area contributed by atoms with Gasteiger partial charge in [0.15, 0.2) is 0 Å². The van der Waals surface area contributed by atoms with Crippen LogP contribution in [0.15, 0.2) is 29.4 Å². The van der Waals surface area contributed by atoms with Crippen LogP contribution >= 0.6 is 0 Å². The predicted molar refractivity (Wildman–Crippen MR) is 88.4 cm³/mol. The number of benzene rings is 1. The van der Waals surface area contributed by atoms with Crippen LogP contribution in [0.3, 0.4) is 0 Å². The van der Waals surface area contributed by atoms with Crippen molar-refractivity contribution in [3.8, 4) is 5.75 Å². The average Bonchev–Trinajstić information content (AvgIpc) is 2.48. The average molecular weight is 309 g/mol. The molecule has 0 unspecified atom stereocenters. The minimum Gasteiger partial charge on any atom is -0.497 e. The Kier molecular flexibility index (Phi) is 7.44. The van der Waals surface area contributed by atoms with Crippen molar-refractivity contribution in [2.45, 2.75) is 13.0 Å². The van der Waals surface area contributed by atoms with Crippen LogP contribution in [0.5, 0.6) is 5.75 Å². The summed E-state index contributed by atoms with van der Waals surface area (Å²) >= 11 is 0. The quantitative estimate of drug-likeness (QED) is 0.275. The van der Waals surface area contributed by atoms with Crippen LogP contribution in [0.4, 0.5) is 0 Å². The number of rotatable bonds is 7. The number of ether oxygens (including phenoxy) is 1. The van der Waals surface area contributed by atoms with Crippen molar-refractivity contribution < 1.29 is 4.74 Å². The lowest BCUT2D eigenvalue weighted by atomic mass is 10.2. The molecule has 22 heavy (non-hydrogen) atoms. The van der Waals surface area contributed by atoms with Crippen molar-refractivity contribution in [3.63, 3.8) is 0 Å². The maximum atomic E-state index is 6.02. The summed E-state index contributed by atoms with van der Waals surface area (Å²) in [6, 6.07) is 7.61. The van der Waals surface area contributed by atoms with E-state index >= 15 is 0 Å². The molecule has 0 aliphatic rings. The van der Waals surface area contributed by atoms with Gasteiger partial charge in [-0.1, -0.05) is 12.1 Å². The van der Waals surface area contributed by atoms with Crippen molar-refractivity contribution in [3.05, 3.63) is 29.8 Å². The van der Waals surface area contributed by atoms with Crippen LogP contribution in [0.25, 0.3) is 0 Å². The maximum absolute atomic E-state index is 6.02. The van der Waals surface area contributed by atoms with E-state index in [4.69, 9.17) is 22.3 Å². The summed E-state index contributed by atoms with van der Waals surface area (Å²) in [5.74, 6) is 18.6. The number of methoxy groups -OCH3 is 1. The third kappa shape index (κ3) is 5.76. The van der Waals surface area contributed by atoms with Crippen LogP contribution in [0, 0.1) is 0 Å². The number of hydrogen-bond donors (Lipinski definition) is 3. The maximum Gasteiger partial charge on any atom is 0.247 e. The summed E-state index contributed by atoms with van der Waals surface area (Å²) in [5, 5.41) is 6.59. The molecule has 1 aromatic rings. The zero-order valence-corrected chi connectivity index (χ0v) is 13.6. The highest BCUT2D eigenvalue weighted by Crippen LogP contribution is 2.12. The van der Waals surface area contributed by atoms with Gasteiger partial charge in [0.05, 0.1) is 13.7 Å². The molecule has 0 amide bonds. The Balaban J connectivity index is 2.57. The van der Waals surface area contributed by atoms with E-state index in [0.29, 0.717) is 19.0 Å². The molecule has 0 spiro atoms. The highest BCUT2D eigenvalue weighted by Gasteiger charge is 2.14. The molecular formula is C14H27N7O. The fraction of sp³-hybridized carbons (Fsp3) is 0.500. The SMILES string of the molecule is COc1ccc(CN(N)/C(=N\N)N(N)CCCN(C)C)cc1. The fourth-order valence-corrected chi connectivity index (χ4v) is 1.97. The van der Waals surface area contributed by atoms with Crippen LogP contribution in [-0.4, -0.2) is 55.2 Å². The molecule has 0 saturated heterocycles. The minimum atomic E-state index is 0.342. The van der Waals surface area contributed by atoms with Gasteiger partial charge in [-0.2, -0.15) is 0 Å². The number of guanidine groups is 1. The number of hydrazine groups is 2. The third-order valence-corrected chi connectivity index (χ3v) is 3.15. The van der Waals surface area contributed by atoms with E-state index in [1.165, 1.54) is 10.0 Å². The van der Waals surface area contributed by atoms with Gasteiger partial charge in [-0.25, -0.2) is 11.7 Å². The van der Waals surface area contributed by atoms with Gasteiger partial charge in [0, 0.05) is 6.54 Å². The smallest absolute Gasteiger partial charge is 0.247 e. The highest BCUT2D eigenvalue weighted by atomic mass is 16.5. The van der Waals surface area contributed by atoms with E-state index in [2.05, 4.69) is 10.0 Å². The monoisotopic (exact) mass is 309 g/mol. The predicted octanol–water partition coefficient (Wildman–Crippen LogP) is -0.272. The zero-order valence-electron chi connectivity index (χ0n) is 13.6. The summed E-state index contributed by atoms with van der Waals surface area (Å²) in [7, 11) is 5.65. The van der Waals surface area contributed by atoms with Gasteiger partial charge >= 0.3 is 0 Å². The first kappa shape index (κ1) is 18.0. The van der Waals surface area contributed by atoms with E-state index in [9.17, 15) is 0 Å². The summed E-state index contributed by atoms with van der Waals surface area (Å²) in [5.41, 5.74) is 1.01. The van der Waals surface area contributed by atoms with Crippen LogP contribution < -0.4 is 22.3 Å². The van der Waals surface area contributed by atoms with Crippen LogP contribution in [-0.2, 0) is 6.54 Å². The molecule has 0 aliphatic carbocycles. The van der Waals surface area contributed by atoms with Crippen molar-refractivity contribution in [1.29, 1.82) is 0 Å². The summed E-state index contributed by atoms with van der Waals surface area (Å²) in [4.78, 5) is 2.09. The van der Waals surface area contributed by atoms with E-state index in [1.807, 2.05) is 38.4 Å². The largest absolute Gasteiger partial charge is 0.497 e. The summed E-state index contributed by atoms with van der Waals surface area (Å²) in [6.45, 7) is 1.99. The standard InChI is InChI=1S/C14H27N7O/c1-19(2)9-4-10-20(16)14(18-15)21(17)11-12-5-7-13(22-3)8-6-12/h5-8H,4,9-11,15-17H2,1-3H3/b18-14-. The zero-order chi connectivity index (χ0) is 16.5. The highest BCUT2D eigenvalue weighted by molar-refractivity contribution is 5.78. The van der Waals surface area contributed by atoms with Crippen LogP contribution in [0.2, 0.25) is 0 Å². The summed E-state index contributed by atoms with van der Waals surface area (Å²) in [6.07, 6.45) is 0.888. The number of hydrazone groups is 1. The summed E-state index contributed by atoms with van der Waals surface area (Å²) < 4.78 is 5.12. The Morgan fingerprint density at radius 3 is 2.23 bits per heavy atom. The van der Waals surface area contributed by atoms with Crippen molar-refractivity contribution in [2.75, 3.05) is 34.3 Å². The van der Waals surface area contributed by atoms with Gasteiger partial charge in [-0.05, 0) is 44.8 Å². The number of hydrogen-bond acceptors (Lipinski definition) is 6. The molecule has 0 fully saturated rings. The molecule has 1 rings (SSSR count). The van der Waals surface area contributed by atoms with Gasteiger partial charge in [-0.15, -0.1) is 5.10 Å². The number of nitrogens with two attached hydrogens (primary N) is 3. The van der Waals surface area contributed by atoms with Gasteiger partial charge in [-0.3, -0.25) is 10.0 Å². The lowest BCUT2D eigenvalue weighted by Gasteiger charge is -2.27. The Morgan fingerprint density at radius 1 is 1.09 bits per heavy atom. The van der Waals surface area contributed by atoms with Crippen molar-refractivity contribution in [2.24, 2.45) is 22.6 Å². The molecule has 0 saturated carbocycles. The first-order valence-electron chi connectivity index (χ1n) is 7.08. The van der Waals surface area contributed by atoms with Gasteiger partial charge in [0.25, 0.3) is 0 Å². The molecular weight excluding hydrogens is 282 g/mol. The molecule has 124 valence electrons. The lowest BCUT2D eigenvalue weighted by molar-refractivity contribution is 0.300. The van der Waals surface area contributed by atoms with Gasteiger partial charge in [0.2, 0.25) is 5.96 Å². The van der Waals surface area contributed by atoms with Crippen LogP contribution in [0.1, 0.15) is 12.0 Å². The molecule has 0 atom stereocenters. The van der Waals surface area contributed by atoms with E-state index < -0.39 is 0 Å². The molecule has 0 aromatic heterocycles. The fourth-order valence-electron chi connectivity index (χ4n) is 1.97. The Bertz CT molecular complexity index is 461. The van der Waals surface area contributed by atoms with E-state index in [0.717, 1.165) is 24.3 Å². The van der Waals surface area contributed by atoms with Gasteiger partial charge in [0.1, 0.15) is 5.75 Å². The second kappa shape index (κ2) is 9.08. The first-order valence-corrected chi connectivity index (χ1v) is 7.08. The molecule has 8 heteroatoms. The van der Waals surface area contributed by atoms with E-state index in [-0.39, 0.29) is 0 Å². The molecule has 1 aromatic carbocycles. The Morgan fingerprint density at radius 2 is 1.73 bits per heavy atom. The number of nitrogens with zero attached hydrogens (tertiary/aromatic N) is 4. The molecule has 8 nitrogen and oxygen atoms in total. The van der Waals surface area contributed by atoms with Crippen molar-refractivity contribution >= 4 is 5.96 Å². The molecule has 0 radical (unpaired) electrons. The van der Waals surface area contributed by atoms with E-state index in [1.54, 1.807) is 7.11 Å². The van der Waals surface area contributed by atoms with Gasteiger partial charge < -0.3 is 15.5 Å². The van der Waals surface area contributed by atoms with Crippen molar-refractivity contribution in [1.82, 2.24) is 14.9 Å². The normalized spacial score (nSPS) is 11.6. The molecule has 0 bridgehead atoms. The second-order valence-corrected chi connectivity index (χ2v) is 5.26.